The van der Waals surface area contributed by atoms with Crippen LogP contribution in [0.15, 0.2) is 18.2 Å². The summed E-state index contributed by atoms with van der Waals surface area (Å²) in [5, 5.41) is 2.96. The summed E-state index contributed by atoms with van der Waals surface area (Å²) in [6.45, 7) is 5.25. The molecule has 0 spiro atoms. The Labute approximate surface area is 90.4 Å². The number of hydrogen-bond acceptors (Lipinski definition) is 2. The molecule has 15 heavy (non-hydrogen) atoms. The Bertz CT molecular complexity index is 312. The first-order valence-corrected chi connectivity index (χ1v) is 5.22. The van der Waals surface area contributed by atoms with Gasteiger partial charge in [-0.1, -0.05) is 19.9 Å². The van der Waals surface area contributed by atoms with Crippen LogP contribution in [0, 0.1) is 5.82 Å². The molecule has 0 bridgehead atoms. The summed E-state index contributed by atoms with van der Waals surface area (Å²) in [5.41, 5.74) is 0.732. The summed E-state index contributed by atoms with van der Waals surface area (Å²) in [6.07, 6.45) is 0. The molecule has 0 atom stereocenters. The fourth-order valence-electron chi connectivity index (χ4n) is 1.34. The minimum absolute atomic E-state index is 0.188. The van der Waals surface area contributed by atoms with Crippen LogP contribution >= 0.6 is 0 Å². The van der Waals surface area contributed by atoms with E-state index in [1.807, 2.05) is 27.0 Å². The van der Waals surface area contributed by atoms with Crippen molar-refractivity contribution in [1.29, 1.82) is 0 Å². The molecule has 0 saturated carbocycles. The SMILES string of the molecule is CNCCOc1ccc(C(C)C)c(F)c1. The third-order valence-electron chi connectivity index (χ3n) is 2.21. The van der Waals surface area contributed by atoms with Gasteiger partial charge in [-0.15, -0.1) is 0 Å². The van der Waals surface area contributed by atoms with E-state index >= 15 is 0 Å². The second-order valence-electron chi connectivity index (χ2n) is 3.79. The summed E-state index contributed by atoms with van der Waals surface area (Å²) in [4.78, 5) is 0. The molecule has 0 unspecified atom stereocenters. The summed E-state index contributed by atoms with van der Waals surface area (Å²) in [6, 6.07) is 5.05. The number of likely N-dealkylation sites (N-methyl/N-ethyl adjacent to an activating group) is 1. The molecule has 0 saturated heterocycles. The van der Waals surface area contributed by atoms with Gasteiger partial charge in [0.25, 0.3) is 0 Å². The van der Waals surface area contributed by atoms with Gasteiger partial charge in [0.1, 0.15) is 18.2 Å². The maximum atomic E-state index is 13.5. The summed E-state index contributed by atoms with van der Waals surface area (Å²) >= 11 is 0. The van der Waals surface area contributed by atoms with Crippen LogP contribution < -0.4 is 10.1 Å². The van der Waals surface area contributed by atoms with E-state index in [1.54, 1.807) is 6.07 Å². The van der Waals surface area contributed by atoms with E-state index in [-0.39, 0.29) is 11.7 Å². The molecule has 0 radical (unpaired) electrons. The Morgan fingerprint density at radius 3 is 2.67 bits per heavy atom. The van der Waals surface area contributed by atoms with Gasteiger partial charge in [-0.25, -0.2) is 4.39 Å². The van der Waals surface area contributed by atoms with Crippen LogP contribution in [0.25, 0.3) is 0 Å². The summed E-state index contributed by atoms with van der Waals surface area (Å²) in [7, 11) is 1.85. The van der Waals surface area contributed by atoms with Crippen molar-refractivity contribution in [2.24, 2.45) is 0 Å². The lowest BCUT2D eigenvalue weighted by molar-refractivity contribution is 0.316. The number of benzene rings is 1. The molecule has 0 heterocycles. The van der Waals surface area contributed by atoms with E-state index in [1.165, 1.54) is 6.07 Å². The van der Waals surface area contributed by atoms with Crippen LogP contribution in [-0.4, -0.2) is 20.2 Å². The zero-order chi connectivity index (χ0) is 11.3. The van der Waals surface area contributed by atoms with Crippen molar-refractivity contribution in [2.45, 2.75) is 19.8 Å². The Balaban J connectivity index is 2.65. The Morgan fingerprint density at radius 2 is 2.13 bits per heavy atom. The zero-order valence-electron chi connectivity index (χ0n) is 9.51. The molecule has 3 heteroatoms. The third-order valence-corrected chi connectivity index (χ3v) is 2.21. The molecule has 84 valence electrons. The highest BCUT2D eigenvalue weighted by molar-refractivity contribution is 5.30. The van der Waals surface area contributed by atoms with Crippen molar-refractivity contribution in [3.05, 3.63) is 29.6 Å². The quantitative estimate of drug-likeness (QED) is 0.756. The van der Waals surface area contributed by atoms with Crippen LogP contribution in [-0.2, 0) is 0 Å². The van der Waals surface area contributed by atoms with Crippen molar-refractivity contribution < 1.29 is 9.13 Å². The lowest BCUT2D eigenvalue weighted by atomic mass is 10.0. The van der Waals surface area contributed by atoms with Gasteiger partial charge in [0.05, 0.1) is 0 Å². The van der Waals surface area contributed by atoms with E-state index in [4.69, 9.17) is 4.74 Å². The standard InChI is InChI=1S/C12H18FNO/c1-9(2)11-5-4-10(8-12(11)13)15-7-6-14-3/h4-5,8-9,14H,6-7H2,1-3H3. The van der Waals surface area contributed by atoms with E-state index in [2.05, 4.69) is 5.32 Å². The molecule has 1 aromatic rings. The van der Waals surface area contributed by atoms with Crippen molar-refractivity contribution in [3.8, 4) is 5.75 Å². The van der Waals surface area contributed by atoms with Gasteiger partial charge in [0.15, 0.2) is 0 Å². The van der Waals surface area contributed by atoms with Crippen molar-refractivity contribution in [3.63, 3.8) is 0 Å². The minimum atomic E-state index is -0.188. The predicted molar refractivity (Wildman–Crippen MR) is 59.9 cm³/mol. The molecule has 0 fully saturated rings. The summed E-state index contributed by atoms with van der Waals surface area (Å²) < 4.78 is 18.9. The maximum absolute atomic E-state index is 13.5. The first-order valence-electron chi connectivity index (χ1n) is 5.22. The number of nitrogens with one attached hydrogen (secondary N) is 1. The van der Waals surface area contributed by atoms with Crippen molar-refractivity contribution in [1.82, 2.24) is 5.32 Å². The molecule has 0 amide bonds. The lowest BCUT2D eigenvalue weighted by Gasteiger charge is -2.10. The van der Waals surface area contributed by atoms with E-state index in [0.717, 1.165) is 12.1 Å². The third kappa shape index (κ3) is 3.51. The highest BCUT2D eigenvalue weighted by Crippen LogP contribution is 2.22. The summed E-state index contributed by atoms with van der Waals surface area (Å²) in [5.74, 6) is 0.607. The second-order valence-corrected chi connectivity index (χ2v) is 3.79. The Kier molecular flexibility index (Phi) is 4.56. The predicted octanol–water partition coefficient (Wildman–Crippen LogP) is 2.55. The smallest absolute Gasteiger partial charge is 0.130 e. The maximum Gasteiger partial charge on any atom is 0.130 e. The van der Waals surface area contributed by atoms with Crippen LogP contribution in [0.2, 0.25) is 0 Å². The van der Waals surface area contributed by atoms with Crippen LogP contribution in [0.4, 0.5) is 4.39 Å². The van der Waals surface area contributed by atoms with Crippen LogP contribution in [0.3, 0.4) is 0 Å². The Hall–Kier alpha value is -1.09. The van der Waals surface area contributed by atoms with Gasteiger partial charge in [0, 0.05) is 12.6 Å². The molecule has 0 aliphatic heterocycles. The van der Waals surface area contributed by atoms with E-state index in [0.29, 0.717) is 12.4 Å². The topological polar surface area (TPSA) is 21.3 Å². The van der Waals surface area contributed by atoms with Gasteiger partial charge < -0.3 is 10.1 Å². The molecule has 2 nitrogen and oxygen atoms in total. The molecule has 0 aromatic heterocycles. The highest BCUT2D eigenvalue weighted by atomic mass is 19.1. The molecular formula is C12H18FNO. The monoisotopic (exact) mass is 211 g/mol. The van der Waals surface area contributed by atoms with E-state index < -0.39 is 0 Å². The van der Waals surface area contributed by atoms with Gasteiger partial charge >= 0.3 is 0 Å². The largest absolute Gasteiger partial charge is 0.492 e. The highest BCUT2D eigenvalue weighted by Gasteiger charge is 2.07. The number of rotatable bonds is 5. The number of halogens is 1. The van der Waals surface area contributed by atoms with Crippen LogP contribution in [0.5, 0.6) is 5.75 Å². The van der Waals surface area contributed by atoms with E-state index in [9.17, 15) is 4.39 Å². The first-order chi connectivity index (χ1) is 7.15. The first kappa shape index (κ1) is 12.0. The molecule has 1 N–H and O–H groups in total. The molecule has 0 aliphatic rings. The number of hydrogen-bond donors (Lipinski definition) is 1. The Morgan fingerprint density at radius 1 is 1.40 bits per heavy atom. The van der Waals surface area contributed by atoms with Crippen LogP contribution in [0.1, 0.15) is 25.3 Å². The normalized spacial score (nSPS) is 10.7. The average Bonchev–Trinajstić information content (AvgIpc) is 2.17. The van der Waals surface area contributed by atoms with Gasteiger partial charge in [-0.05, 0) is 24.6 Å². The molecule has 1 aromatic carbocycles. The van der Waals surface area contributed by atoms with Gasteiger partial charge in [-0.3, -0.25) is 0 Å². The molecule has 1 rings (SSSR count). The zero-order valence-corrected chi connectivity index (χ0v) is 9.51. The average molecular weight is 211 g/mol. The molecule has 0 aliphatic carbocycles. The van der Waals surface area contributed by atoms with Crippen molar-refractivity contribution in [2.75, 3.05) is 20.2 Å². The van der Waals surface area contributed by atoms with Crippen molar-refractivity contribution >= 4 is 0 Å². The second kappa shape index (κ2) is 5.71. The lowest BCUT2D eigenvalue weighted by Crippen LogP contribution is -2.16. The minimum Gasteiger partial charge on any atom is -0.492 e. The number of ether oxygens (including phenoxy) is 1. The van der Waals surface area contributed by atoms with Gasteiger partial charge in [-0.2, -0.15) is 0 Å². The fourth-order valence-corrected chi connectivity index (χ4v) is 1.34. The fraction of sp³-hybridized carbons (Fsp3) is 0.500. The molecular weight excluding hydrogens is 193 g/mol. The van der Waals surface area contributed by atoms with Gasteiger partial charge in [0.2, 0.25) is 0 Å².